The summed E-state index contributed by atoms with van der Waals surface area (Å²) in [6.07, 6.45) is 24.5. The van der Waals surface area contributed by atoms with E-state index in [1.807, 2.05) is 19.1 Å². The SMILES string of the molecule is C=C(C)[C@]12C[C@@H](C)[C@@]34OC(CCCCCCCCCCCCCCCCC)(O[C@@H]1[C@@H]3C=C(CO)C[C@]1(O)C(=O)C(C)=C[C@@H]41)O2. The standard InChI is InChI=1S/C38H60O6/c1-6-7-8-9-10-11-12-13-14-15-16-17-18-19-20-21-37-42-34-31-23-30(26-39)25-35(41)32(22-28(4)33(35)40)38(31,44-37)29(5)24-36(34,43-37)27(2)3/h22-23,29,31-32,34,39,41H,2,6-21,24-26H2,1,3-5H3/t29-,31+,32-,34-,35-,36-,37?,38-/m1/s1. The van der Waals surface area contributed by atoms with Crippen LogP contribution in [0.15, 0.2) is 35.5 Å². The second-order valence-corrected chi connectivity index (χ2v) is 15.0. The van der Waals surface area contributed by atoms with Crippen molar-refractivity contribution in [2.75, 3.05) is 6.61 Å². The van der Waals surface area contributed by atoms with Crippen molar-refractivity contribution in [2.45, 2.75) is 172 Å². The molecule has 6 nitrogen and oxygen atoms in total. The average molecular weight is 613 g/mol. The monoisotopic (exact) mass is 612 g/mol. The molecule has 2 heterocycles. The van der Waals surface area contributed by atoms with E-state index in [1.54, 1.807) is 6.92 Å². The highest BCUT2D eigenvalue weighted by atomic mass is 16.9. The molecular formula is C38H60O6. The predicted molar refractivity (Wildman–Crippen MR) is 174 cm³/mol. The minimum Gasteiger partial charge on any atom is -0.392 e. The molecule has 1 saturated carbocycles. The van der Waals surface area contributed by atoms with Crippen LogP contribution < -0.4 is 0 Å². The fraction of sp³-hybridized carbons (Fsp3) is 0.816. The van der Waals surface area contributed by atoms with Gasteiger partial charge in [-0.1, -0.05) is 122 Å². The van der Waals surface area contributed by atoms with Gasteiger partial charge in [-0.25, -0.2) is 0 Å². The number of hydrogen-bond donors (Lipinski definition) is 2. The molecule has 3 fully saturated rings. The topological polar surface area (TPSA) is 85.2 Å². The number of unbranched alkanes of at least 4 members (excludes halogenated alkanes) is 14. The molecule has 0 amide bonds. The molecule has 5 rings (SSSR count). The lowest BCUT2D eigenvalue weighted by molar-refractivity contribution is -0.424. The van der Waals surface area contributed by atoms with E-state index < -0.39 is 28.7 Å². The number of ether oxygens (including phenoxy) is 3. The molecule has 6 heteroatoms. The van der Waals surface area contributed by atoms with Gasteiger partial charge in [-0.15, -0.1) is 0 Å². The zero-order valence-electron chi connectivity index (χ0n) is 28.1. The summed E-state index contributed by atoms with van der Waals surface area (Å²) in [6.45, 7) is 12.4. The van der Waals surface area contributed by atoms with Gasteiger partial charge < -0.3 is 24.4 Å². The van der Waals surface area contributed by atoms with Gasteiger partial charge in [0.2, 0.25) is 0 Å². The van der Waals surface area contributed by atoms with Gasteiger partial charge in [0.1, 0.15) is 17.3 Å². The van der Waals surface area contributed by atoms with Crippen LogP contribution in [0, 0.1) is 17.8 Å². The first-order valence-corrected chi connectivity index (χ1v) is 18.1. The van der Waals surface area contributed by atoms with Crippen molar-refractivity contribution in [2.24, 2.45) is 17.8 Å². The summed E-state index contributed by atoms with van der Waals surface area (Å²) in [5, 5.41) is 22.3. The molecule has 0 aromatic rings. The Morgan fingerprint density at radius 1 is 0.932 bits per heavy atom. The van der Waals surface area contributed by atoms with Crippen molar-refractivity contribution < 1.29 is 29.2 Å². The molecule has 44 heavy (non-hydrogen) atoms. The van der Waals surface area contributed by atoms with Crippen molar-refractivity contribution >= 4 is 5.78 Å². The summed E-state index contributed by atoms with van der Waals surface area (Å²) in [4.78, 5) is 13.4. The summed E-state index contributed by atoms with van der Waals surface area (Å²) in [7, 11) is 0. The molecule has 0 aromatic heterocycles. The van der Waals surface area contributed by atoms with E-state index in [-0.39, 0.29) is 36.8 Å². The number of rotatable bonds is 18. The van der Waals surface area contributed by atoms with E-state index in [9.17, 15) is 15.0 Å². The Kier molecular flexibility index (Phi) is 10.7. The lowest BCUT2D eigenvalue weighted by Crippen LogP contribution is -2.70. The van der Waals surface area contributed by atoms with Gasteiger partial charge in [0.05, 0.1) is 12.2 Å². The Morgan fingerprint density at radius 3 is 2.05 bits per heavy atom. The Morgan fingerprint density at radius 2 is 1.50 bits per heavy atom. The largest absolute Gasteiger partial charge is 0.392 e. The molecule has 3 bridgehead atoms. The van der Waals surface area contributed by atoms with Crippen LogP contribution in [0.1, 0.15) is 143 Å². The van der Waals surface area contributed by atoms with E-state index in [4.69, 9.17) is 14.2 Å². The molecule has 0 spiro atoms. The molecule has 2 saturated heterocycles. The number of hydrogen-bond acceptors (Lipinski definition) is 6. The van der Waals surface area contributed by atoms with Gasteiger partial charge in [-0.3, -0.25) is 4.79 Å². The number of aliphatic hydroxyl groups is 2. The van der Waals surface area contributed by atoms with Gasteiger partial charge in [0.15, 0.2) is 5.78 Å². The normalized spacial score (nSPS) is 38.7. The van der Waals surface area contributed by atoms with Crippen LogP contribution in [0.2, 0.25) is 0 Å². The Hall–Kier alpha value is -1.31. The van der Waals surface area contributed by atoms with Crippen LogP contribution in [0.5, 0.6) is 0 Å². The van der Waals surface area contributed by atoms with Crippen LogP contribution in [-0.2, 0) is 19.0 Å². The maximum Gasteiger partial charge on any atom is 0.284 e. The second kappa shape index (κ2) is 13.8. The highest BCUT2D eigenvalue weighted by molar-refractivity contribution is 6.04. The minimum atomic E-state index is -1.64. The number of carbonyl (C=O) groups is 1. The highest BCUT2D eigenvalue weighted by Gasteiger charge is 2.78. The first kappa shape index (κ1) is 34.0. The molecular weight excluding hydrogens is 552 g/mol. The van der Waals surface area contributed by atoms with Gasteiger partial charge >= 0.3 is 0 Å². The summed E-state index contributed by atoms with van der Waals surface area (Å²) >= 11 is 0. The maximum atomic E-state index is 13.4. The van der Waals surface area contributed by atoms with E-state index in [0.29, 0.717) is 24.0 Å². The number of aliphatic hydroxyl groups excluding tert-OH is 1. The Balaban J connectivity index is 1.19. The number of fused-ring (bicyclic) bond motifs is 2. The average Bonchev–Trinajstić information content (AvgIpc) is 3.30. The maximum absolute atomic E-state index is 13.4. The smallest absolute Gasteiger partial charge is 0.284 e. The molecule has 3 aliphatic carbocycles. The van der Waals surface area contributed by atoms with Gasteiger partial charge in [-0.2, -0.15) is 0 Å². The van der Waals surface area contributed by atoms with E-state index in [1.165, 1.54) is 83.5 Å². The van der Waals surface area contributed by atoms with Gasteiger partial charge in [0, 0.05) is 24.7 Å². The molecule has 1 unspecified atom stereocenters. The molecule has 0 radical (unpaired) electrons. The van der Waals surface area contributed by atoms with Crippen molar-refractivity contribution in [3.63, 3.8) is 0 Å². The zero-order chi connectivity index (χ0) is 31.6. The van der Waals surface area contributed by atoms with Crippen LogP contribution in [0.25, 0.3) is 0 Å². The molecule has 248 valence electrons. The van der Waals surface area contributed by atoms with E-state index in [2.05, 4.69) is 20.4 Å². The molecule has 5 aliphatic rings. The number of ketones is 1. The van der Waals surface area contributed by atoms with Gasteiger partial charge in [-0.05, 0) is 49.3 Å². The van der Waals surface area contributed by atoms with Crippen LogP contribution in [0.3, 0.4) is 0 Å². The van der Waals surface area contributed by atoms with Crippen LogP contribution in [0.4, 0.5) is 0 Å². The summed E-state index contributed by atoms with van der Waals surface area (Å²) in [5.41, 5.74) is -1.10. The predicted octanol–water partition coefficient (Wildman–Crippen LogP) is 8.26. The summed E-state index contributed by atoms with van der Waals surface area (Å²) in [5.74, 6) is -2.35. The lowest BCUT2D eigenvalue weighted by Gasteiger charge is -2.59. The fourth-order valence-corrected chi connectivity index (χ4v) is 9.41. The fourth-order valence-electron chi connectivity index (χ4n) is 9.41. The molecule has 2 aliphatic heterocycles. The Labute approximate surface area is 266 Å². The second-order valence-electron chi connectivity index (χ2n) is 15.0. The third-order valence-electron chi connectivity index (χ3n) is 11.8. The van der Waals surface area contributed by atoms with Crippen molar-refractivity contribution in [1.82, 2.24) is 0 Å². The highest BCUT2D eigenvalue weighted by Crippen LogP contribution is 2.68. The minimum absolute atomic E-state index is 0.0342. The third kappa shape index (κ3) is 5.96. The molecule has 0 aromatic carbocycles. The molecule has 8 atom stereocenters. The van der Waals surface area contributed by atoms with Crippen LogP contribution >= 0.6 is 0 Å². The zero-order valence-corrected chi connectivity index (χ0v) is 28.1. The van der Waals surface area contributed by atoms with E-state index >= 15 is 0 Å². The third-order valence-corrected chi connectivity index (χ3v) is 11.8. The first-order chi connectivity index (χ1) is 21.1. The van der Waals surface area contributed by atoms with E-state index in [0.717, 1.165) is 18.4 Å². The quantitative estimate of drug-likeness (QED) is 0.120. The number of Topliss-reactive ketones (excluding diaryl/α,β-unsaturated/α-hetero) is 1. The van der Waals surface area contributed by atoms with Crippen molar-refractivity contribution in [3.05, 3.63) is 35.5 Å². The first-order valence-electron chi connectivity index (χ1n) is 18.1. The van der Waals surface area contributed by atoms with Gasteiger partial charge in [0.25, 0.3) is 5.97 Å². The molecule has 2 N–H and O–H groups in total. The summed E-state index contributed by atoms with van der Waals surface area (Å²) < 4.78 is 20.8. The number of carbonyl (C=O) groups excluding carboxylic acids is 1. The summed E-state index contributed by atoms with van der Waals surface area (Å²) in [6, 6.07) is 0. The van der Waals surface area contributed by atoms with Crippen molar-refractivity contribution in [1.29, 1.82) is 0 Å². The Bertz CT molecular complexity index is 1110. The lowest BCUT2D eigenvalue weighted by atomic mass is 9.55. The van der Waals surface area contributed by atoms with Crippen LogP contribution in [-0.4, -0.2) is 51.5 Å². The van der Waals surface area contributed by atoms with Crippen molar-refractivity contribution in [3.8, 4) is 0 Å².